The van der Waals surface area contributed by atoms with E-state index in [9.17, 15) is 9.90 Å². The maximum absolute atomic E-state index is 11.5. The highest BCUT2D eigenvalue weighted by Gasteiger charge is 2.24. The molecule has 1 fully saturated rings. The third-order valence-corrected chi connectivity index (χ3v) is 2.60. The fraction of sp³-hybridized carbons (Fsp3) is 0.417. The van der Waals surface area contributed by atoms with Crippen molar-refractivity contribution < 1.29 is 9.90 Å². The highest BCUT2D eigenvalue weighted by atomic mass is 16.3. The molecule has 1 unspecified atom stereocenters. The summed E-state index contributed by atoms with van der Waals surface area (Å²) >= 11 is 0. The highest BCUT2D eigenvalue weighted by Crippen LogP contribution is 2.18. The van der Waals surface area contributed by atoms with Crippen molar-refractivity contribution in [3.8, 4) is 0 Å². The van der Waals surface area contributed by atoms with Gasteiger partial charge in [0.05, 0.1) is 12.6 Å². The zero-order valence-corrected chi connectivity index (χ0v) is 9.02. The number of carbonyl (C=O) groups is 1. The van der Waals surface area contributed by atoms with E-state index in [0.717, 1.165) is 18.4 Å². The zero-order chi connectivity index (χ0) is 11.4. The molecule has 0 bridgehead atoms. The number of benzene rings is 1. The molecule has 86 valence electrons. The Morgan fingerprint density at radius 2 is 2.06 bits per heavy atom. The average Bonchev–Trinajstić information content (AvgIpc) is 3.11. The van der Waals surface area contributed by atoms with Crippen molar-refractivity contribution in [3.63, 3.8) is 0 Å². The van der Waals surface area contributed by atoms with Gasteiger partial charge in [-0.05, 0) is 18.4 Å². The zero-order valence-electron chi connectivity index (χ0n) is 9.02. The van der Waals surface area contributed by atoms with Gasteiger partial charge in [-0.15, -0.1) is 0 Å². The maximum Gasteiger partial charge on any atom is 0.315 e. The molecule has 4 heteroatoms. The third kappa shape index (κ3) is 2.97. The third-order valence-electron chi connectivity index (χ3n) is 2.60. The molecule has 1 atom stereocenters. The molecule has 0 heterocycles. The predicted molar refractivity (Wildman–Crippen MR) is 61.0 cm³/mol. The second-order valence-electron chi connectivity index (χ2n) is 4.04. The first kappa shape index (κ1) is 11.0. The summed E-state index contributed by atoms with van der Waals surface area (Å²) < 4.78 is 0. The summed E-state index contributed by atoms with van der Waals surface area (Å²) in [5.41, 5.74) is 0.913. The smallest absolute Gasteiger partial charge is 0.315 e. The Hall–Kier alpha value is -1.55. The lowest BCUT2D eigenvalue weighted by Gasteiger charge is -2.17. The number of hydrogen-bond donors (Lipinski definition) is 3. The van der Waals surface area contributed by atoms with E-state index in [-0.39, 0.29) is 18.7 Å². The number of amides is 2. The Kier molecular flexibility index (Phi) is 3.41. The van der Waals surface area contributed by atoms with Crippen LogP contribution in [0.5, 0.6) is 0 Å². The van der Waals surface area contributed by atoms with Crippen LogP contribution in [-0.4, -0.2) is 23.8 Å². The molecule has 1 saturated carbocycles. The minimum absolute atomic E-state index is 0.0951. The lowest BCUT2D eigenvalue weighted by Crippen LogP contribution is -2.40. The van der Waals surface area contributed by atoms with Crippen LogP contribution in [0, 0.1) is 0 Å². The van der Waals surface area contributed by atoms with Crippen LogP contribution in [0.3, 0.4) is 0 Å². The average molecular weight is 220 g/mol. The van der Waals surface area contributed by atoms with E-state index in [2.05, 4.69) is 10.6 Å². The van der Waals surface area contributed by atoms with Crippen LogP contribution in [0.4, 0.5) is 4.79 Å². The fourth-order valence-electron chi connectivity index (χ4n) is 1.53. The summed E-state index contributed by atoms with van der Waals surface area (Å²) in [5, 5.41) is 14.8. The van der Waals surface area contributed by atoms with E-state index >= 15 is 0 Å². The summed E-state index contributed by atoms with van der Waals surface area (Å²) in [5.74, 6) is 0. The normalized spacial score (nSPS) is 16.6. The van der Waals surface area contributed by atoms with Crippen LogP contribution in [0.1, 0.15) is 24.4 Å². The van der Waals surface area contributed by atoms with Crippen LogP contribution >= 0.6 is 0 Å². The number of nitrogens with one attached hydrogen (secondary N) is 2. The number of hydrogen-bond acceptors (Lipinski definition) is 2. The number of urea groups is 1. The molecule has 2 amide bonds. The first-order valence-electron chi connectivity index (χ1n) is 5.52. The molecule has 1 aliphatic rings. The van der Waals surface area contributed by atoms with Crippen LogP contribution in [0.15, 0.2) is 30.3 Å². The van der Waals surface area contributed by atoms with E-state index in [1.807, 2.05) is 30.3 Å². The predicted octanol–water partition coefficient (Wildman–Crippen LogP) is 1.18. The van der Waals surface area contributed by atoms with E-state index < -0.39 is 0 Å². The largest absolute Gasteiger partial charge is 0.394 e. The summed E-state index contributed by atoms with van der Waals surface area (Å²) in [4.78, 5) is 11.5. The molecule has 0 aliphatic heterocycles. The topological polar surface area (TPSA) is 61.4 Å². The van der Waals surface area contributed by atoms with Gasteiger partial charge in [0.15, 0.2) is 0 Å². The molecular formula is C12H16N2O2. The van der Waals surface area contributed by atoms with Crippen molar-refractivity contribution in [2.24, 2.45) is 0 Å². The van der Waals surface area contributed by atoms with Crippen LogP contribution in [0.25, 0.3) is 0 Å². The first-order valence-corrected chi connectivity index (χ1v) is 5.52. The van der Waals surface area contributed by atoms with Crippen molar-refractivity contribution in [1.82, 2.24) is 10.6 Å². The molecular weight excluding hydrogens is 204 g/mol. The summed E-state index contributed by atoms with van der Waals surface area (Å²) in [6.07, 6.45) is 2.12. The van der Waals surface area contributed by atoms with Gasteiger partial charge in [0.2, 0.25) is 0 Å². The molecule has 0 aromatic heterocycles. The minimum atomic E-state index is -0.333. The number of aliphatic hydroxyl groups excluding tert-OH is 1. The standard InChI is InChI=1S/C12H16N2O2/c15-8-11(9-4-2-1-3-5-9)14-12(16)13-10-6-7-10/h1-5,10-11,15H,6-8H2,(H2,13,14,16). The lowest BCUT2D eigenvalue weighted by atomic mass is 10.1. The van der Waals surface area contributed by atoms with Crippen molar-refractivity contribution in [1.29, 1.82) is 0 Å². The van der Waals surface area contributed by atoms with Gasteiger partial charge >= 0.3 is 6.03 Å². The quantitative estimate of drug-likeness (QED) is 0.713. The van der Waals surface area contributed by atoms with Gasteiger partial charge in [0, 0.05) is 6.04 Å². The second-order valence-corrected chi connectivity index (χ2v) is 4.04. The van der Waals surface area contributed by atoms with Crippen LogP contribution in [-0.2, 0) is 0 Å². The van der Waals surface area contributed by atoms with Crippen molar-refractivity contribution in [2.45, 2.75) is 24.9 Å². The summed E-state index contributed by atoms with van der Waals surface area (Å²) in [6, 6.07) is 9.25. The van der Waals surface area contributed by atoms with E-state index in [1.165, 1.54) is 0 Å². The van der Waals surface area contributed by atoms with Crippen LogP contribution < -0.4 is 10.6 Å². The summed E-state index contributed by atoms with van der Waals surface area (Å²) in [6.45, 7) is -0.0951. The molecule has 0 spiro atoms. The van der Waals surface area contributed by atoms with Gasteiger partial charge < -0.3 is 15.7 Å². The number of aliphatic hydroxyl groups is 1. The molecule has 1 aliphatic carbocycles. The van der Waals surface area contributed by atoms with Gasteiger partial charge in [-0.3, -0.25) is 0 Å². The molecule has 4 nitrogen and oxygen atoms in total. The lowest BCUT2D eigenvalue weighted by molar-refractivity contribution is 0.216. The first-order chi connectivity index (χ1) is 7.79. The number of carbonyl (C=O) groups excluding carboxylic acids is 1. The van der Waals surface area contributed by atoms with Crippen LogP contribution in [0.2, 0.25) is 0 Å². The second kappa shape index (κ2) is 4.99. The molecule has 3 N–H and O–H groups in total. The maximum atomic E-state index is 11.5. The Morgan fingerprint density at radius 3 is 2.62 bits per heavy atom. The Bertz CT molecular complexity index is 349. The van der Waals surface area contributed by atoms with Gasteiger partial charge in [-0.25, -0.2) is 4.79 Å². The van der Waals surface area contributed by atoms with Gasteiger partial charge in [0.1, 0.15) is 0 Å². The SMILES string of the molecule is O=C(NC1CC1)NC(CO)c1ccccc1. The molecule has 1 aromatic rings. The molecule has 2 rings (SSSR count). The Balaban J connectivity index is 1.91. The van der Waals surface area contributed by atoms with E-state index in [1.54, 1.807) is 0 Å². The molecule has 0 saturated heterocycles. The highest BCUT2D eigenvalue weighted by molar-refractivity contribution is 5.75. The van der Waals surface area contributed by atoms with Crippen molar-refractivity contribution in [3.05, 3.63) is 35.9 Å². The van der Waals surface area contributed by atoms with Gasteiger partial charge in [-0.2, -0.15) is 0 Å². The molecule has 16 heavy (non-hydrogen) atoms. The number of rotatable bonds is 4. The summed E-state index contributed by atoms with van der Waals surface area (Å²) in [7, 11) is 0. The molecule has 0 radical (unpaired) electrons. The fourth-order valence-corrected chi connectivity index (χ4v) is 1.53. The Morgan fingerprint density at radius 1 is 1.38 bits per heavy atom. The minimum Gasteiger partial charge on any atom is -0.394 e. The van der Waals surface area contributed by atoms with Crippen molar-refractivity contribution in [2.75, 3.05) is 6.61 Å². The molecule has 1 aromatic carbocycles. The monoisotopic (exact) mass is 220 g/mol. The van der Waals surface area contributed by atoms with Crippen molar-refractivity contribution >= 4 is 6.03 Å². The Labute approximate surface area is 94.7 Å². The van der Waals surface area contributed by atoms with E-state index in [0.29, 0.717) is 6.04 Å². The van der Waals surface area contributed by atoms with E-state index in [4.69, 9.17) is 0 Å². The van der Waals surface area contributed by atoms with Gasteiger partial charge in [0.25, 0.3) is 0 Å². The van der Waals surface area contributed by atoms with Gasteiger partial charge in [-0.1, -0.05) is 30.3 Å².